The normalized spacial score (nSPS) is 16.3. The van der Waals surface area contributed by atoms with Crippen molar-refractivity contribution in [2.45, 2.75) is 38.5 Å². The van der Waals surface area contributed by atoms with Crippen molar-refractivity contribution in [1.29, 1.82) is 0 Å². The van der Waals surface area contributed by atoms with Crippen LogP contribution in [0.5, 0.6) is 0 Å². The first-order valence-corrected chi connectivity index (χ1v) is 5.25. The number of aliphatic carboxylic acids is 1. The van der Waals surface area contributed by atoms with Crippen LogP contribution in [0.15, 0.2) is 0 Å². The Bertz CT molecular complexity index is 269. The van der Waals surface area contributed by atoms with Gasteiger partial charge in [-0.3, -0.25) is 9.69 Å². The lowest BCUT2D eigenvalue weighted by atomic mass is 10.0. The molecule has 7 heteroatoms. The van der Waals surface area contributed by atoms with E-state index in [4.69, 9.17) is 5.11 Å². The smallest absolute Gasteiger partial charge is 0.401 e. The monoisotopic (exact) mass is 256 g/mol. The van der Waals surface area contributed by atoms with Crippen molar-refractivity contribution in [3.63, 3.8) is 0 Å². The maximum absolute atomic E-state index is 12.3. The molecule has 0 aliphatic carbocycles. The molecule has 0 radical (unpaired) electrons. The van der Waals surface area contributed by atoms with Gasteiger partial charge in [0.25, 0.3) is 0 Å². The molecule has 0 saturated carbocycles. The topological polar surface area (TPSA) is 52.6 Å². The molecule has 1 atom stereocenters. The third-order valence-corrected chi connectivity index (χ3v) is 2.66. The first-order chi connectivity index (χ1) is 7.52. The molecule has 0 aromatic rings. The van der Waals surface area contributed by atoms with E-state index in [1.54, 1.807) is 13.8 Å². The Balaban J connectivity index is 4.81. The molecular weight excluding hydrogens is 237 g/mol. The summed E-state index contributed by atoms with van der Waals surface area (Å²) in [5.74, 6) is -1.17. The molecule has 0 aliphatic rings. The average Bonchev–Trinajstić information content (AvgIpc) is 2.13. The SMILES string of the molecule is CNC(C)(CN(CC(F)(F)F)C(C)C)C(=O)O. The van der Waals surface area contributed by atoms with Gasteiger partial charge in [-0.25, -0.2) is 0 Å². The Morgan fingerprint density at radius 2 is 1.82 bits per heavy atom. The van der Waals surface area contributed by atoms with E-state index < -0.39 is 24.2 Å². The van der Waals surface area contributed by atoms with Crippen molar-refractivity contribution in [2.75, 3.05) is 20.1 Å². The first-order valence-electron chi connectivity index (χ1n) is 5.25. The zero-order chi connectivity index (χ0) is 13.9. The fourth-order valence-corrected chi connectivity index (χ4v) is 1.31. The molecule has 0 spiro atoms. The molecule has 17 heavy (non-hydrogen) atoms. The Kier molecular flexibility index (Phi) is 5.41. The third-order valence-electron chi connectivity index (χ3n) is 2.66. The lowest BCUT2D eigenvalue weighted by molar-refractivity contribution is -0.158. The molecule has 0 aromatic carbocycles. The largest absolute Gasteiger partial charge is 0.480 e. The van der Waals surface area contributed by atoms with Gasteiger partial charge < -0.3 is 10.4 Å². The molecule has 0 aromatic heterocycles. The van der Waals surface area contributed by atoms with Crippen LogP contribution in [0.1, 0.15) is 20.8 Å². The van der Waals surface area contributed by atoms with E-state index in [0.717, 1.165) is 4.90 Å². The summed E-state index contributed by atoms with van der Waals surface area (Å²) < 4.78 is 37.0. The molecular formula is C10H19F3N2O2. The van der Waals surface area contributed by atoms with Crippen molar-refractivity contribution in [3.8, 4) is 0 Å². The van der Waals surface area contributed by atoms with Crippen LogP contribution in [0, 0.1) is 0 Å². The first kappa shape index (κ1) is 16.2. The van der Waals surface area contributed by atoms with E-state index in [2.05, 4.69) is 5.32 Å². The van der Waals surface area contributed by atoms with Gasteiger partial charge in [0, 0.05) is 12.6 Å². The lowest BCUT2D eigenvalue weighted by Gasteiger charge is -2.35. The summed E-state index contributed by atoms with van der Waals surface area (Å²) in [6.07, 6.45) is -4.34. The Labute approximate surface area is 98.8 Å². The maximum Gasteiger partial charge on any atom is 0.401 e. The number of carboxylic acid groups (broad SMARTS) is 1. The number of alkyl halides is 3. The predicted octanol–water partition coefficient (Wildman–Crippen LogP) is 1.32. The van der Waals surface area contributed by atoms with Gasteiger partial charge in [-0.1, -0.05) is 0 Å². The number of rotatable bonds is 6. The second-order valence-corrected chi connectivity index (χ2v) is 4.50. The fraction of sp³-hybridized carbons (Fsp3) is 0.900. The molecule has 0 fully saturated rings. The number of carboxylic acids is 1. The van der Waals surface area contributed by atoms with Crippen LogP contribution in [0.25, 0.3) is 0 Å². The zero-order valence-electron chi connectivity index (χ0n) is 10.4. The van der Waals surface area contributed by atoms with Gasteiger partial charge in [0.1, 0.15) is 5.54 Å². The minimum atomic E-state index is -4.34. The van der Waals surface area contributed by atoms with Crippen LogP contribution in [0.3, 0.4) is 0 Å². The third kappa shape index (κ3) is 5.36. The maximum atomic E-state index is 12.3. The Morgan fingerprint density at radius 1 is 1.35 bits per heavy atom. The second-order valence-electron chi connectivity index (χ2n) is 4.50. The second kappa shape index (κ2) is 5.68. The number of hydrogen-bond acceptors (Lipinski definition) is 3. The Morgan fingerprint density at radius 3 is 2.06 bits per heavy atom. The van der Waals surface area contributed by atoms with Gasteiger partial charge in [0.15, 0.2) is 0 Å². The minimum Gasteiger partial charge on any atom is -0.480 e. The Hall–Kier alpha value is -0.820. The van der Waals surface area contributed by atoms with E-state index >= 15 is 0 Å². The van der Waals surface area contributed by atoms with Gasteiger partial charge in [-0.2, -0.15) is 13.2 Å². The summed E-state index contributed by atoms with van der Waals surface area (Å²) in [6, 6.07) is -0.386. The predicted molar refractivity (Wildman–Crippen MR) is 57.9 cm³/mol. The van der Waals surface area contributed by atoms with Gasteiger partial charge >= 0.3 is 12.1 Å². The van der Waals surface area contributed by atoms with Crippen LogP contribution in [-0.4, -0.2) is 53.9 Å². The van der Waals surface area contributed by atoms with E-state index in [-0.39, 0.29) is 12.6 Å². The zero-order valence-corrected chi connectivity index (χ0v) is 10.4. The van der Waals surface area contributed by atoms with E-state index in [1.165, 1.54) is 14.0 Å². The molecule has 0 aliphatic heterocycles. The molecule has 0 rings (SSSR count). The van der Waals surface area contributed by atoms with Crippen LogP contribution < -0.4 is 5.32 Å². The fourth-order valence-electron chi connectivity index (χ4n) is 1.31. The quantitative estimate of drug-likeness (QED) is 0.752. The van der Waals surface area contributed by atoms with Crippen molar-refractivity contribution in [2.24, 2.45) is 0 Å². The number of likely N-dealkylation sites (N-methyl/N-ethyl adjacent to an activating group) is 1. The van der Waals surface area contributed by atoms with Gasteiger partial charge in [-0.05, 0) is 27.8 Å². The molecule has 0 saturated heterocycles. The highest BCUT2D eigenvalue weighted by Crippen LogP contribution is 2.20. The van der Waals surface area contributed by atoms with E-state index in [1.807, 2.05) is 0 Å². The highest BCUT2D eigenvalue weighted by molar-refractivity contribution is 5.78. The van der Waals surface area contributed by atoms with Crippen LogP contribution in [0.2, 0.25) is 0 Å². The van der Waals surface area contributed by atoms with Crippen LogP contribution in [-0.2, 0) is 4.79 Å². The average molecular weight is 256 g/mol. The number of nitrogens with one attached hydrogen (secondary N) is 1. The molecule has 1 unspecified atom stereocenters. The number of nitrogens with zero attached hydrogens (tertiary/aromatic N) is 1. The lowest BCUT2D eigenvalue weighted by Crippen LogP contribution is -2.58. The van der Waals surface area contributed by atoms with Crippen molar-refractivity contribution in [1.82, 2.24) is 10.2 Å². The summed E-state index contributed by atoms with van der Waals surface area (Å²) in [6.45, 7) is 3.24. The molecule has 102 valence electrons. The summed E-state index contributed by atoms with van der Waals surface area (Å²) in [5, 5.41) is 11.5. The molecule has 0 bridgehead atoms. The van der Waals surface area contributed by atoms with E-state index in [9.17, 15) is 18.0 Å². The summed E-state index contributed by atoms with van der Waals surface area (Å²) in [7, 11) is 1.42. The van der Waals surface area contributed by atoms with Crippen molar-refractivity contribution >= 4 is 5.97 Å². The molecule has 2 N–H and O–H groups in total. The van der Waals surface area contributed by atoms with Crippen molar-refractivity contribution in [3.05, 3.63) is 0 Å². The van der Waals surface area contributed by atoms with Crippen LogP contribution >= 0.6 is 0 Å². The van der Waals surface area contributed by atoms with Gasteiger partial charge in [-0.15, -0.1) is 0 Å². The molecule has 0 amide bonds. The summed E-state index contributed by atoms with van der Waals surface area (Å²) in [5.41, 5.74) is -1.39. The highest BCUT2D eigenvalue weighted by atomic mass is 19.4. The van der Waals surface area contributed by atoms with Crippen LogP contribution in [0.4, 0.5) is 13.2 Å². The standard InChI is InChI=1S/C10H19F3N2O2/c1-7(2)15(6-10(11,12)13)5-9(3,14-4)8(16)17/h7,14H,5-6H2,1-4H3,(H,16,17). The van der Waals surface area contributed by atoms with Gasteiger partial charge in [0.05, 0.1) is 6.54 Å². The summed E-state index contributed by atoms with van der Waals surface area (Å²) >= 11 is 0. The summed E-state index contributed by atoms with van der Waals surface area (Å²) in [4.78, 5) is 12.1. The van der Waals surface area contributed by atoms with Gasteiger partial charge in [0.2, 0.25) is 0 Å². The van der Waals surface area contributed by atoms with E-state index in [0.29, 0.717) is 0 Å². The molecule has 0 heterocycles. The highest BCUT2D eigenvalue weighted by Gasteiger charge is 2.38. The number of halogens is 3. The number of hydrogen-bond donors (Lipinski definition) is 2. The minimum absolute atomic E-state index is 0.212. The number of carbonyl (C=O) groups is 1. The van der Waals surface area contributed by atoms with Crippen molar-refractivity contribution < 1.29 is 23.1 Å². The molecule has 4 nitrogen and oxygen atoms in total.